The fourth-order valence-corrected chi connectivity index (χ4v) is 3.27. The third-order valence-electron chi connectivity index (χ3n) is 3.96. The second-order valence-electron chi connectivity index (χ2n) is 6.41. The maximum absolute atomic E-state index is 13.8. The van der Waals surface area contributed by atoms with Crippen molar-refractivity contribution in [3.05, 3.63) is 52.1 Å². The maximum atomic E-state index is 13.8. The van der Waals surface area contributed by atoms with Crippen LogP contribution in [0.5, 0.6) is 5.75 Å². The van der Waals surface area contributed by atoms with Gasteiger partial charge in [0.2, 0.25) is 0 Å². The summed E-state index contributed by atoms with van der Waals surface area (Å²) in [6.45, 7) is 5.08. The molecule has 0 aliphatic rings. The van der Waals surface area contributed by atoms with Gasteiger partial charge in [0, 0.05) is 29.0 Å². The highest BCUT2D eigenvalue weighted by Crippen LogP contribution is 2.43. The average molecular weight is 458 g/mol. The lowest BCUT2D eigenvalue weighted by atomic mass is 10.00. The normalized spacial score (nSPS) is 11.9. The zero-order chi connectivity index (χ0) is 20.6. The van der Waals surface area contributed by atoms with Crippen molar-refractivity contribution >= 4 is 15.9 Å². The molecule has 28 heavy (non-hydrogen) atoms. The van der Waals surface area contributed by atoms with Crippen LogP contribution in [0.2, 0.25) is 0 Å². The van der Waals surface area contributed by atoms with Crippen LogP contribution in [0.4, 0.5) is 17.6 Å². The number of hydrogen-bond donors (Lipinski definition) is 1. The zero-order valence-electron chi connectivity index (χ0n) is 15.2. The van der Waals surface area contributed by atoms with E-state index in [0.29, 0.717) is 11.3 Å². The van der Waals surface area contributed by atoms with Gasteiger partial charge in [-0.05, 0) is 54.9 Å². The highest BCUT2D eigenvalue weighted by atomic mass is 79.9. The second-order valence-corrected chi connectivity index (χ2v) is 7.16. The molecule has 0 spiro atoms. The number of hydrogen-bond acceptors (Lipinski definition) is 3. The van der Waals surface area contributed by atoms with Crippen molar-refractivity contribution in [1.82, 2.24) is 15.2 Å². The maximum Gasteiger partial charge on any atom is 0.418 e. The summed E-state index contributed by atoms with van der Waals surface area (Å²) in [5.41, 5.74) is -0.0817. The Labute approximate surface area is 167 Å². The van der Waals surface area contributed by atoms with E-state index in [1.807, 2.05) is 0 Å². The lowest BCUT2D eigenvalue weighted by Gasteiger charge is -2.18. The number of rotatable bonds is 4. The number of benzene rings is 1. The van der Waals surface area contributed by atoms with Gasteiger partial charge in [-0.15, -0.1) is 0 Å². The van der Waals surface area contributed by atoms with Gasteiger partial charge in [0.15, 0.2) is 0 Å². The van der Waals surface area contributed by atoms with Crippen LogP contribution in [-0.4, -0.2) is 21.3 Å². The molecular weight excluding hydrogens is 442 g/mol. The van der Waals surface area contributed by atoms with Crippen LogP contribution in [0.3, 0.4) is 0 Å². The van der Waals surface area contributed by atoms with Crippen LogP contribution in [0.1, 0.15) is 25.1 Å². The number of ether oxygens (including phenoxy) is 1. The van der Waals surface area contributed by atoms with Crippen LogP contribution < -0.4 is 4.74 Å². The third-order valence-corrected chi connectivity index (χ3v) is 4.57. The van der Waals surface area contributed by atoms with Crippen molar-refractivity contribution in [3.63, 3.8) is 0 Å². The minimum absolute atomic E-state index is 0.137. The molecule has 0 aliphatic carbocycles. The number of aryl methyl sites for hydroxylation is 1. The Kier molecular flexibility index (Phi) is 5.47. The first-order valence-electron chi connectivity index (χ1n) is 8.33. The molecule has 0 aliphatic heterocycles. The van der Waals surface area contributed by atoms with Gasteiger partial charge in [0.25, 0.3) is 0 Å². The first kappa shape index (κ1) is 20.3. The van der Waals surface area contributed by atoms with Crippen LogP contribution in [0, 0.1) is 12.7 Å². The van der Waals surface area contributed by atoms with Gasteiger partial charge in [-0.3, -0.25) is 5.10 Å². The van der Waals surface area contributed by atoms with E-state index in [9.17, 15) is 17.6 Å². The van der Waals surface area contributed by atoms with Gasteiger partial charge >= 0.3 is 6.18 Å². The number of nitrogens with zero attached hydrogens (tertiary/aromatic N) is 2. The molecule has 0 saturated heterocycles. The summed E-state index contributed by atoms with van der Waals surface area (Å²) in [5.74, 6) is -0.414. The van der Waals surface area contributed by atoms with E-state index in [2.05, 4.69) is 31.1 Å². The van der Waals surface area contributed by atoms with Crippen LogP contribution in [-0.2, 0) is 6.18 Å². The Balaban J connectivity index is 2.26. The predicted octanol–water partition coefficient (Wildman–Crippen LogP) is 6.15. The quantitative estimate of drug-likeness (QED) is 0.377. The van der Waals surface area contributed by atoms with Gasteiger partial charge in [-0.25, -0.2) is 9.37 Å². The molecule has 0 fully saturated rings. The number of pyridine rings is 1. The van der Waals surface area contributed by atoms with Crippen LogP contribution >= 0.6 is 15.9 Å². The molecule has 3 aromatic rings. The third kappa shape index (κ3) is 4.04. The summed E-state index contributed by atoms with van der Waals surface area (Å²) in [6, 6.07) is 4.66. The van der Waals surface area contributed by atoms with Crippen LogP contribution in [0.25, 0.3) is 22.4 Å². The number of H-pyrrole nitrogens is 1. The molecular formula is C19H16BrF4N3O. The van der Waals surface area contributed by atoms with Gasteiger partial charge in [-0.1, -0.05) is 0 Å². The summed E-state index contributed by atoms with van der Waals surface area (Å²) in [4.78, 5) is 4.15. The van der Waals surface area contributed by atoms with Crippen LogP contribution in [0.15, 0.2) is 35.1 Å². The molecule has 0 atom stereocenters. The molecule has 1 aromatic carbocycles. The molecule has 0 radical (unpaired) electrons. The molecule has 0 bridgehead atoms. The molecule has 9 heteroatoms. The van der Waals surface area contributed by atoms with E-state index in [1.165, 1.54) is 12.3 Å². The largest absolute Gasteiger partial charge is 0.490 e. The van der Waals surface area contributed by atoms with E-state index < -0.39 is 17.6 Å². The first-order valence-corrected chi connectivity index (χ1v) is 9.12. The summed E-state index contributed by atoms with van der Waals surface area (Å²) in [7, 11) is 0. The molecule has 1 N–H and O–H groups in total. The Morgan fingerprint density at radius 1 is 1.11 bits per heavy atom. The van der Waals surface area contributed by atoms with Gasteiger partial charge in [-0.2, -0.15) is 18.3 Å². The molecule has 4 nitrogen and oxygen atoms in total. The van der Waals surface area contributed by atoms with Crippen molar-refractivity contribution in [2.45, 2.75) is 33.1 Å². The van der Waals surface area contributed by atoms with Crippen molar-refractivity contribution in [3.8, 4) is 28.1 Å². The summed E-state index contributed by atoms with van der Waals surface area (Å²) in [6.07, 6.45) is -3.58. The fourth-order valence-electron chi connectivity index (χ4n) is 2.77. The van der Waals surface area contributed by atoms with Gasteiger partial charge in [0.1, 0.15) is 16.2 Å². The molecule has 2 heterocycles. The summed E-state index contributed by atoms with van der Waals surface area (Å²) < 4.78 is 60.8. The van der Waals surface area contributed by atoms with Gasteiger partial charge < -0.3 is 4.74 Å². The number of nitrogens with one attached hydrogen (secondary N) is 1. The van der Waals surface area contributed by atoms with E-state index in [4.69, 9.17) is 4.74 Å². The fraction of sp³-hybridized carbons (Fsp3) is 0.263. The zero-order valence-corrected chi connectivity index (χ0v) is 16.7. The van der Waals surface area contributed by atoms with E-state index in [1.54, 1.807) is 20.8 Å². The topological polar surface area (TPSA) is 50.8 Å². The minimum atomic E-state index is -4.65. The highest BCUT2D eigenvalue weighted by Gasteiger charge is 2.36. The SMILES string of the molecule is Cc1n[nH]cc1-c1nc(Br)c(-c2ccc(F)cc2OC(C)C)cc1C(F)(F)F. The molecule has 0 saturated carbocycles. The molecule has 3 rings (SSSR count). The molecule has 0 amide bonds. The number of aromatic amines is 1. The smallest absolute Gasteiger partial charge is 0.418 e. The Hall–Kier alpha value is -2.42. The predicted molar refractivity (Wildman–Crippen MR) is 100 cm³/mol. The van der Waals surface area contributed by atoms with Crippen molar-refractivity contribution in [2.24, 2.45) is 0 Å². The van der Waals surface area contributed by atoms with E-state index >= 15 is 0 Å². The van der Waals surface area contributed by atoms with Crippen molar-refractivity contribution < 1.29 is 22.3 Å². The van der Waals surface area contributed by atoms with Crippen molar-refractivity contribution in [1.29, 1.82) is 0 Å². The van der Waals surface area contributed by atoms with E-state index in [-0.39, 0.29) is 33.3 Å². The lowest BCUT2D eigenvalue weighted by Crippen LogP contribution is -2.11. The minimum Gasteiger partial charge on any atom is -0.490 e. The Morgan fingerprint density at radius 2 is 1.82 bits per heavy atom. The summed E-state index contributed by atoms with van der Waals surface area (Å²) >= 11 is 3.26. The first-order chi connectivity index (χ1) is 13.1. The monoisotopic (exact) mass is 457 g/mol. The number of aromatic nitrogens is 3. The summed E-state index contributed by atoms with van der Waals surface area (Å²) in [5, 5.41) is 6.42. The highest BCUT2D eigenvalue weighted by molar-refractivity contribution is 9.10. The average Bonchev–Trinajstić information content (AvgIpc) is 2.99. The standard InChI is InChI=1S/C19H16BrF4N3O/c1-9(2)28-16-6-11(21)4-5-12(16)13-7-15(19(22,23)24)17(26-18(13)20)14-8-25-27-10(14)3/h4-9H,1-3H3,(H,25,27). The number of alkyl halides is 3. The number of halogens is 5. The lowest BCUT2D eigenvalue weighted by molar-refractivity contribution is -0.137. The van der Waals surface area contributed by atoms with Gasteiger partial charge in [0.05, 0.1) is 23.1 Å². The Bertz CT molecular complexity index is 1010. The molecule has 0 unspecified atom stereocenters. The van der Waals surface area contributed by atoms with E-state index in [0.717, 1.165) is 18.2 Å². The Morgan fingerprint density at radius 3 is 2.39 bits per heavy atom. The van der Waals surface area contributed by atoms with Crippen molar-refractivity contribution in [2.75, 3.05) is 0 Å². The second kappa shape index (κ2) is 7.54. The molecule has 148 valence electrons. The molecule has 2 aromatic heterocycles.